The molecule has 2 unspecified atom stereocenters. The van der Waals surface area contributed by atoms with Crippen molar-refractivity contribution in [2.24, 2.45) is 5.92 Å². The van der Waals surface area contributed by atoms with Gasteiger partial charge in [-0.25, -0.2) is 0 Å². The number of nitrogens with zero attached hydrogens (tertiary/aromatic N) is 1. The van der Waals surface area contributed by atoms with Gasteiger partial charge in [0.2, 0.25) is 0 Å². The third kappa shape index (κ3) is 3.26. The molecule has 1 aromatic carbocycles. The molecule has 3 heteroatoms. The smallest absolute Gasteiger partial charge is 0.121 e. The molecule has 3 rings (SSSR count). The molecule has 2 fully saturated rings. The highest BCUT2D eigenvalue weighted by atomic mass is 16.5. The summed E-state index contributed by atoms with van der Waals surface area (Å²) in [5, 5.41) is 3.66. The van der Waals surface area contributed by atoms with E-state index in [9.17, 15) is 0 Å². The zero-order chi connectivity index (χ0) is 13.9. The number of anilines is 1. The first-order chi connectivity index (χ1) is 9.76. The maximum Gasteiger partial charge on any atom is 0.121 e. The second-order valence-electron chi connectivity index (χ2n) is 6.18. The van der Waals surface area contributed by atoms with Crippen molar-refractivity contribution in [2.75, 3.05) is 24.5 Å². The van der Waals surface area contributed by atoms with Gasteiger partial charge in [0.05, 0.1) is 6.10 Å². The zero-order valence-electron chi connectivity index (χ0n) is 12.6. The molecule has 2 atom stereocenters. The predicted octanol–water partition coefficient (Wildman–Crippen LogP) is 3.05. The van der Waals surface area contributed by atoms with Crippen LogP contribution in [-0.2, 0) is 0 Å². The van der Waals surface area contributed by atoms with Gasteiger partial charge in [0.15, 0.2) is 0 Å². The zero-order valence-corrected chi connectivity index (χ0v) is 12.6. The SMILES string of the molecule is CCC(C)Oc1cccc(N2CCNC(C3CC3)C2)c1. The van der Waals surface area contributed by atoms with Crippen molar-refractivity contribution >= 4 is 5.69 Å². The quantitative estimate of drug-likeness (QED) is 0.893. The maximum atomic E-state index is 5.94. The molecule has 0 bridgehead atoms. The summed E-state index contributed by atoms with van der Waals surface area (Å²) in [6, 6.07) is 9.26. The third-order valence-corrected chi connectivity index (χ3v) is 4.49. The third-order valence-electron chi connectivity index (χ3n) is 4.49. The van der Waals surface area contributed by atoms with Crippen LogP contribution in [0.4, 0.5) is 5.69 Å². The number of hydrogen-bond donors (Lipinski definition) is 1. The fourth-order valence-electron chi connectivity index (χ4n) is 2.90. The molecular weight excluding hydrogens is 248 g/mol. The largest absolute Gasteiger partial charge is 0.491 e. The molecule has 0 radical (unpaired) electrons. The summed E-state index contributed by atoms with van der Waals surface area (Å²) in [6.07, 6.45) is 4.14. The molecule has 1 saturated heterocycles. The molecule has 1 aliphatic carbocycles. The topological polar surface area (TPSA) is 24.5 Å². The van der Waals surface area contributed by atoms with Gasteiger partial charge in [-0.3, -0.25) is 0 Å². The van der Waals surface area contributed by atoms with Gasteiger partial charge in [-0.2, -0.15) is 0 Å². The van der Waals surface area contributed by atoms with E-state index in [1.54, 1.807) is 0 Å². The lowest BCUT2D eigenvalue weighted by Crippen LogP contribution is -2.51. The van der Waals surface area contributed by atoms with E-state index in [1.807, 2.05) is 0 Å². The highest BCUT2D eigenvalue weighted by molar-refractivity contribution is 5.51. The molecule has 0 spiro atoms. The Bertz CT molecular complexity index is 444. The molecule has 1 aliphatic heterocycles. The normalized spacial score (nSPS) is 24.5. The molecule has 0 aromatic heterocycles. The summed E-state index contributed by atoms with van der Waals surface area (Å²) >= 11 is 0. The average Bonchev–Trinajstić information content (AvgIpc) is 3.32. The van der Waals surface area contributed by atoms with E-state index in [-0.39, 0.29) is 6.10 Å². The first-order valence-corrected chi connectivity index (χ1v) is 8.01. The lowest BCUT2D eigenvalue weighted by molar-refractivity contribution is 0.217. The summed E-state index contributed by atoms with van der Waals surface area (Å²) in [5.41, 5.74) is 1.30. The number of benzene rings is 1. The van der Waals surface area contributed by atoms with Crippen LogP contribution in [0.5, 0.6) is 5.75 Å². The second kappa shape index (κ2) is 6.04. The molecule has 0 amide bonds. The molecule has 1 aromatic rings. The van der Waals surface area contributed by atoms with Crippen LogP contribution in [0.3, 0.4) is 0 Å². The van der Waals surface area contributed by atoms with E-state index in [0.29, 0.717) is 6.04 Å². The summed E-state index contributed by atoms with van der Waals surface area (Å²) in [5.74, 6) is 1.91. The Morgan fingerprint density at radius 2 is 2.25 bits per heavy atom. The van der Waals surface area contributed by atoms with Gasteiger partial charge in [0.1, 0.15) is 5.75 Å². The average molecular weight is 274 g/mol. The second-order valence-corrected chi connectivity index (χ2v) is 6.18. The van der Waals surface area contributed by atoms with E-state index >= 15 is 0 Å². The van der Waals surface area contributed by atoms with Crippen LogP contribution >= 0.6 is 0 Å². The number of hydrogen-bond acceptors (Lipinski definition) is 3. The van der Waals surface area contributed by atoms with Gasteiger partial charge in [0, 0.05) is 37.4 Å². The van der Waals surface area contributed by atoms with E-state index in [1.165, 1.54) is 18.5 Å². The molecule has 3 nitrogen and oxygen atoms in total. The van der Waals surface area contributed by atoms with Gasteiger partial charge in [-0.15, -0.1) is 0 Å². The van der Waals surface area contributed by atoms with Crippen LogP contribution in [0.2, 0.25) is 0 Å². The summed E-state index contributed by atoms with van der Waals surface area (Å²) in [6.45, 7) is 7.61. The highest BCUT2D eigenvalue weighted by Crippen LogP contribution is 2.34. The Balaban J connectivity index is 1.67. The number of rotatable bonds is 5. The van der Waals surface area contributed by atoms with Crippen LogP contribution in [-0.4, -0.2) is 31.8 Å². The van der Waals surface area contributed by atoms with Gasteiger partial charge in [-0.05, 0) is 44.2 Å². The fraction of sp³-hybridized carbons (Fsp3) is 0.647. The Kier molecular flexibility index (Phi) is 4.16. The number of piperazine rings is 1. The van der Waals surface area contributed by atoms with E-state index in [0.717, 1.165) is 37.7 Å². The van der Waals surface area contributed by atoms with Crippen LogP contribution in [0.25, 0.3) is 0 Å². The van der Waals surface area contributed by atoms with Crippen LogP contribution in [0, 0.1) is 5.92 Å². The Labute approximate surface area is 122 Å². The molecular formula is C17H26N2O. The lowest BCUT2D eigenvalue weighted by Gasteiger charge is -2.35. The number of nitrogens with one attached hydrogen (secondary N) is 1. The van der Waals surface area contributed by atoms with E-state index < -0.39 is 0 Å². The minimum atomic E-state index is 0.285. The van der Waals surface area contributed by atoms with Gasteiger partial charge < -0.3 is 15.0 Å². The number of ether oxygens (including phenoxy) is 1. The lowest BCUT2D eigenvalue weighted by atomic mass is 10.1. The molecule has 20 heavy (non-hydrogen) atoms. The highest BCUT2D eigenvalue weighted by Gasteiger charge is 2.34. The van der Waals surface area contributed by atoms with Crippen molar-refractivity contribution in [3.63, 3.8) is 0 Å². The van der Waals surface area contributed by atoms with Gasteiger partial charge >= 0.3 is 0 Å². The molecule has 1 heterocycles. The van der Waals surface area contributed by atoms with Crippen LogP contribution in [0.15, 0.2) is 24.3 Å². The fourth-order valence-corrected chi connectivity index (χ4v) is 2.90. The van der Waals surface area contributed by atoms with Crippen molar-refractivity contribution in [2.45, 2.75) is 45.3 Å². The summed E-state index contributed by atoms with van der Waals surface area (Å²) < 4.78 is 5.94. The molecule has 2 aliphatic rings. The van der Waals surface area contributed by atoms with Crippen molar-refractivity contribution in [3.8, 4) is 5.75 Å². The Hall–Kier alpha value is -1.22. The van der Waals surface area contributed by atoms with Gasteiger partial charge in [0.25, 0.3) is 0 Å². The van der Waals surface area contributed by atoms with E-state index in [4.69, 9.17) is 4.74 Å². The van der Waals surface area contributed by atoms with Crippen LogP contribution in [0.1, 0.15) is 33.1 Å². The Morgan fingerprint density at radius 1 is 1.40 bits per heavy atom. The first kappa shape index (κ1) is 13.7. The maximum absolute atomic E-state index is 5.94. The van der Waals surface area contributed by atoms with Crippen molar-refractivity contribution < 1.29 is 4.74 Å². The van der Waals surface area contributed by atoms with Crippen molar-refractivity contribution in [3.05, 3.63) is 24.3 Å². The first-order valence-electron chi connectivity index (χ1n) is 8.01. The molecule has 1 N–H and O–H groups in total. The monoisotopic (exact) mass is 274 g/mol. The molecule has 110 valence electrons. The van der Waals surface area contributed by atoms with Gasteiger partial charge in [-0.1, -0.05) is 13.0 Å². The van der Waals surface area contributed by atoms with E-state index in [2.05, 4.69) is 48.3 Å². The summed E-state index contributed by atoms with van der Waals surface area (Å²) in [4.78, 5) is 2.50. The minimum Gasteiger partial charge on any atom is -0.491 e. The van der Waals surface area contributed by atoms with Crippen LogP contribution < -0.4 is 15.0 Å². The summed E-state index contributed by atoms with van der Waals surface area (Å²) in [7, 11) is 0. The predicted molar refractivity (Wildman–Crippen MR) is 83.6 cm³/mol. The minimum absolute atomic E-state index is 0.285. The van der Waals surface area contributed by atoms with Crippen molar-refractivity contribution in [1.29, 1.82) is 0 Å². The molecule has 1 saturated carbocycles. The Morgan fingerprint density at radius 3 is 3.00 bits per heavy atom. The van der Waals surface area contributed by atoms with Crippen molar-refractivity contribution in [1.82, 2.24) is 5.32 Å². The standard InChI is InChI=1S/C17H26N2O/c1-3-13(2)20-16-6-4-5-15(11-16)19-10-9-18-17(12-19)14-7-8-14/h4-6,11,13-14,17-18H,3,7-10,12H2,1-2H3.